The minimum absolute atomic E-state index is 0.0165. The lowest BCUT2D eigenvalue weighted by molar-refractivity contribution is -0.118. The van der Waals surface area contributed by atoms with Crippen molar-refractivity contribution in [2.45, 2.75) is 42.9 Å². The van der Waals surface area contributed by atoms with Gasteiger partial charge in [0.25, 0.3) is 0 Å². The number of hydrogen-bond acceptors (Lipinski definition) is 7. The number of halogens is 1. The average molecular weight is 501 g/mol. The minimum Gasteiger partial charge on any atom is -0.309 e. The van der Waals surface area contributed by atoms with Crippen LogP contribution in [-0.4, -0.2) is 45.2 Å². The van der Waals surface area contributed by atoms with Gasteiger partial charge < -0.3 is 5.32 Å². The fraction of sp³-hybridized carbons (Fsp3) is 0.450. The third kappa shape index (κ3) is 6.63. The van der Waals surface area contributed by atoms with Crippen LogP contribution in [-0.2, 0) is 24.7 Å². The summed E-state index contributed by atoms with van der Waals surface area (Å²) in [6, 6.07) is 4.57. The van der Waals surface area contributed by atoms with Crippen molar-refractivity contribution in [2.75, 3.05) is 22.6 Å². The predicted octanol–water partition coefficient (Wildman–Crippen LogP) is 3.21. The van der Waals surface area contributed by atoms with Gasteiger partial charge in [-0.25, -0.2) is 26.8 Å². The third-order valence-electron chi connectivity index (χ3n) is 5.31. The van der Waals surface area contributed by atoms with Gasteiger partial charge in [-0.1, -0.05) is 43.4 Å². The van der Waals surface area contributed by atoms with Crippen LogP contribution in [0.25, 0.3) is 0 Å². The maximum atomic E-state index is 13.2. The number of amides is 1. The van der Waals surface area contributed by atoms with Crippen LogP contribution in [0, 0.1) is 5.92 Å². The number of aromatic nitrogens is 2. The average Bonchev–Trinajstić information content (AvgIpc) is 3.18. The summed E-state index contributed by atoms with van der Waals surface area (Å²) in [5.74, 6) is -0.287. The lowest BCUT2D eigenvalue weighted by Crippen LogP contribution is -2.24. The molecule has 32 heavy (non-hydrogen) atoms. The van der Waals surface area contributed by atoms with Crippen molar-refractivity contribution in [1.29, 1.82) is 0 Å². The van der Waals surface area contributed by atoms with Gasteiger partial charge in [0.15, 0.2) is 21.5 Å². The van der Waals surface area contributed by atoms with Crippen LogP contribution >= 0.6 is 11.6 Å². The molecule has 0 aliphatic heterocycles. The summed E-state index contributed by atoms with van der Waals surface area (Å²) in [4.78, 5) is 21.2. The zero-order valence-electron chi connectivity index (χ0n) is 17.7. The fourth-order valence-corrected chi connectivity index (χ4v) is 5.68. The van der Waals surface area contributed by atoms with E-state index in [0.717, 1.165) is 38.2 Å². The Morgan fingerprint density at radius 2 is 1.72 bits per heavy atom. The number of sulfone groups is 1. The van der Waals surface area contributed by atoms with E-state index in [4.69, 9.17) is 11.6 Å². The van der Waals surface area contributed by atoms with E-state index in [9.17, 15) is 21.6 Å². The van der Waals surface area contributed by atoms with Crippen LogP contribution in [0.4, 0.5) is 11.6 Å². The van der Waals surface area contributed by atoms with Gasteiger partial charge >= 0.3 is 0 Å². The number of anilines is 2. The molecule has 0 saturated heterocycles. The number of carbonyl (C=O) groups excluding carboxylic acids is 1. The lowest BCUT2D eigenvalue weighted by Gasteiger charge is -2.21. The number of nitrogens with one attached hydrogen (secondary N) is 2. The summed E-state index contributed by atoms with van der Waals surface area (Å²) in [6.07, 6.45) is 9.45. The summed E-state index contributed by atoms with van der Waals surface area (Å²) in [6.45, 7) is 0. The quantitative estimate of drug-likeness (QED) is 0.568. The van der Waals surface area contributed by atoms with Gasteiger partial charge in [0.05, 0.1) is 34.5 Å². The molecule has 1 aromatic heterocycles. The molecule has 3 rings (SSSR count). The second kappa shape index (κ2) is 9.72. The number of hydrogen-bond donors (Lipinski definition) is 2. The second-order valence-electron chi connectivity index (χ2n) is 8.05. The molecule has 1 aliphatic carbocycles. The van der Waals surface area contributed by atoms with E-state index in [0.29, 0.717) is 17.9 Å². The van der Waals surface area contributed by atoms with Crippen molar-refractivity contribution in [3.8, 4) is 0 Å². The first kappa shape index (κ1) is 24.4. The molecular formula is C20H25ClN4O5S2. The molecule has 1 amide bonds. The van der Waals surface area contributed by atoms with Crippen molar-refractivity contribution in [2.24, 2.45) is 5.92 Å². The first-order valence-corrected chi connectivity index (χ1v) is 14.2. The fourth-order valence-electron chi connectivity index (χ4n) is 3.86. The number of sulfonamides is 1. The standard InChI is InChI=1S/C20H25ClN4O5S2/c1-31(27,28)17-8-7-14(10-16(17)21)15(9-13-5-3-4-6-13)20(26)24-18-11-23-19(12-22-18)25-32(2,29)30/h7-8,10-13,15H,3-6,9H2,1-2H3,(H,23,25)(H,22,24,26)/t15-/m1/s1. The second-order valence-corrected chi connectivity index (χ2v) is 12.2. The summed E-state index contributed by atoms with van der Waals surface area (Å²) in [5, 5.41) is 2.79. The molecule has 0 spiro atoms. The molecule has 1 atom stereocenters. The van der Waals surface area contributed by atoms with E-state index in [2.05, 4.69) is 20.0 Å². The van der Waals surface area contributed by atoms with E-state index in [1.807, 2.05) is 0 Å². The zero-order valence-corrected chi connectivity index (χ0v) is 20.1. The Kier molecular flexibility index (Phi) is 7.41. The molecule has 1 aromatic carbocycles. The van der Waals surface area contributed by atoms with Crippen LogP contribution in [0.5, 0.6) is 0 Å². The largest absolute Gasteiger partial charge is 0.309 e. The number of benzene rings is 1. The molecule has 174 valence electrons. The predicted molar refractivity (Wildman–Crippen MR) is 123 cm³/mol. The first-order valence-electron chi connectivity index (χ1n) is 10.0. The summed E-state index contributed by atoms with van der Waals surface area (Å²) in [5.41, 5.74) is 0.620. The molecule has 1 saturated carbocycles. The number of nitrogens with zero attached hydrogens (tertiary/aromatic N) is 2. The van der Waals surface area contributed by atoms with Crippen molar-refractivity contribution < 1.29 is 21.6 Å². The maximum absolute atomic E-state index is 13.2. The van der Waals surface area contributed by atoms with Crippen LogP contribution in [0.3, 0.4) is 0 Å². The summed E-state index contributed by atoms with van der Waals surface area (Å²) < 4.78 is 48.5. The van der Waals surface area contributed by atoms with Crippen molar-refractivity contribution in [1.82, 2.24) is 9.97 Å². The summed E-state index contributed by atoms with van der Waals surface area (Å²) in [7, 11) is -6.97. The first-order chi connectivity index (χ1) is 14.9. The molecule has 1 heterocycles. The van der Waals surface area contributed by atoms with Crippen LogP contribution in [0.2, 0.25) is 5.02 Å². The van der Waals surface area contributed by atoms with Gasteiger partial charge in [-0.3, -0.25) is 9.52 Å². The van der Waals surface area contributed by atoms with Crippen LogP contribution in [0.15, 0.2) is 35.5 Å². The molecular weight excluding hydrogens is 476 g/mol. The van der Waals surface area contributed by atoms with E-state index >= 15 is 0 Å². The highest BCUT2D eigenvalue weighted by molar-refractivity contribution is 7.92. The van der Waals surface area contributed by atoms with E-state index < -0.39 is 25.8 Å². The van der Waals surface area contributed by atoms with E-state index in [1.165, 1.54) is 24.5 Å². The van der Waals surface area contributed by atoms with Gasteiger partial charge in [-0.15, -0.1) is 0 Å². The Balaban J connectivity index is 1.83. The third-order valence-corrected chi connectivity index (χ3v) is 7.47. The van der Waals surface area contributed by atoms with Crippen LogP contribution in [0.1, 0.15) is 43.6 Å². The molecule has 1 fully saturated rings. The molecule has 9 nitrogen and oxygen atoms in total. The number of rotatable bonds is 8. The van der Waals surface area contributed by atoms with Crippen molar-refractivity contribution in [3.63, 3.8) is 0 Å². The Bertz CT molecular complexity index is 1190. The highest BCUT2D eigenvalue weighted by Crippen LogP contribution is 2.36. The van der Waals surface area contributed by atoms with Gasteiger partial charge in [-0.2, -0.15) is 0 Å². The molecule has 0 radical (unpaired) electrons. The Morgan fingerprint density at radius 3 is 2.25 bits per heavy atom. The lowest BCUT2D eigenvalue weighted by atomic mass is 9.87. The Morgan fingerprint density at radius 1 is 1.09 bits per heavy atom. The van der Waals surface area contributed by atoms with Crippen LogP contribution < -0.4 is 10.0 Å². The molecule has 2 N–H and O–H groups in total. The monoisotopic (exact) mass is 500 g/mol. The molecule has 12 heteroatoms. The maximum Gasteiger partial charge on any atom is 0.233 e. The topological polar surface area (TPSA) is 135 Å². The molecule has 2 aromatic rings. The number of carbonyl (C=O) groups is 1. The SMILES string of the molecule is CS(=O)(=O)Nc1cnc(NC(=O)[C@H](CC2CCCC2)c2ccc(S(C)(=O)=O)c(Cl)c2)cn1. The smallest absolute Gasteiger partial charge is 0.233 e. The zero-order chi connectivity index (χ0) is 23.5. The van der Waals surface area contributed by atoms with Crippen molar-refractivity contribution in [3.05, 3.63) is 41.2 Å². The summed E-state index contributed by atoms with van der Waals surface area (Å²) >= 11 is 6.22. The van der Waals surface area contributed by atoms with Gasteiger partial charge in [-0.05, 0) is 30.0 Å². The molecule has 0 bridgehead atoms. The van der Waals surface area contributed by atoms with Crippen molar-refractivity contribution >= 4 is 49.0 Å². The molecule has 1 aliphatic rings. The highest BCUT2D eigenvalue weighted by Gasteiger charge is 2.28. The molecule has 0 unspecified atom stereocenters. The Hall–Kier alpha value is -2.24. The highest BCUT2D eigenvalue weighted by atomic mass is 35.5. The van der Waals surface area contributed by atoms with E-state index in [-0.39, 0.29) is 27.5 Å². The van der Waals surface area contributed by atoms with Gasteiger partial charge in [0.2, 0.25) is 15.9 Å². The van der Waals surface area contributed by atoms with E-state index in [1.54, 1.807) is 6.07 Å². The van der Waals surface area contributed by atoms with Gasteiger partial charge in [0.1, 0.15) is 0 Å². The minimum atomic E-state index is -3.49. The van der Waals surface area contributed by atoms with Gasteiger partial charge in [0, 0.05) is 6.26 Å². The Labute approximate surface area is 193 Å². The normalized spacial score (nSPS) is 16.0.